The maximum absolute atomic E-state index is 11.0. The third kappa shape index (κ3) is 3.00. The second kappa shape index (κ2) is 5.85. The number of ether oxygens (including phenoxy) is 1. The van der Waals surface area contributed by atoms with Crippen molar-refractivity contribution in [1.29, 1.82) is 0 Å². The Bertz CT molecular complexity index is 389. The Kier molecular flexibility index (Phi) is 4.18. The molecule has 0 bridgehead atoms. The summed E-state index contributed by atoms with van der Waals surface area (Å²) in [6.07, 6.45) is 6.18. The van der Waals surface area contributed by atoms with Crippen molar-refractivity contribution in [3.05, 3.63) is 23.9 Å². The number of carbonyl (C=O) groups excluding carboxylic acids is 1. The van der Waals surface area contributed by atoms with Crippen LogP contribution < -0.4 is 4.74 Å². The summed E-state index contributed by atoms with van der Waals surface area (Å²) < 4.78 is 5.52. The van der Waals surface area contributed by atoms with Gasteiger partial charge in [-0.15, -0.1) is 0 Å². The molecule has 2 heterocycles. The molecule has 0 aromatic carbocycles. The molecule has 98 valence electrons. The maximum atomic E-state index is 11.0. The van der Waals surface area contributed by atoms with Crippen LogP contribution in [0.25, 0.3) is 0 Å². The Morgan fingerprint density at radius 2 is 2.28 bits per heavy atom. The van der Waals surface area contributed by atoms with Gasteiger partial charge < -0.3 is 9.64 Å². The minimum Gasteiger partial charge on any atom is -0.475 e. The molecule has 0 N–H and O–H groups in total. The molecule has 1 amide bonds. The Hall–Kier alpha value is -1.58. The molecule has 1 atom stereocenters. The number of likely N-dealkylation sites (tertiary alicyclic amines) is 1. The minimum atomic E-state index is 0.129. The van der Waals surface area contributed by atoms with Gasteiger partial charge in [0, 0.05) is 18.8 Å². The fourth-order valence-electron chi connectivity index (χ4n) is 2.34. The first-order valence-corrected chi connectivity index (χ1v) is 6.54. The summed E-state index contributed by atoms with van der Waals surface area (Å²) in [5.74, 6) is 0.641. The highest BCUT2D eigenvalue weighted by Gasteiger charge is 2.22. The standard InChI is InChI=1S/C14H20N2O2/c1-11(2)18-14-7-6-12(9-15-14)13-5-3-4-8-16(13)10-17/h6-7,9-11,13H,3-5,8H2,1-2H3/t13-/m1/s1. The Morgan fingerprint density at radius 3 is 2.89 bits per heavy atom. The van der Waals surface area contributed by atoms with E-state index >= 15 is 0 Å². The Labute approximate surface area is 108 Å². The van der Waals surface area contributed by atoms with Crippen LogP contribution in [0.1, 0.15) is 44.7 Å². The van der Waals surface area contributed by atoms with Crippen LogP contribution in [0.3, 0.4) is 0 Å². The van der Waals surface area contributed by atoms with Crippen LogP contribution in [-0.4, -0.2) is 28.9 Å². The van der Waals surface area contributed by atoms with Gasteiger partial charge in [-0.1, -0.05) is 6.07 Å². The van der Waals surface area contributed by atoms with E-state index in [0.717, 1.165) is 31.4 Å². The number of amides is 1. The summed E-state index contributed by atoms with van der Waals surface area (Å²) in [6, 6.07) is 4.07. The second-order valence-corrected chi connectivity index (χ2v) is 4.95. The lowest BCUT2D eigenvalue weighted by atomic mass is 9.97. The monoisotopic (exact) mass is 248 g/mol. The number of nitrogens with zero attached hydrogens (tertiary/aromatic N) is 2. The molecule has 18 heavy (non-hydrogen) atoms. The molecule has 2 rings (SSSR count). The zero-order chi connectivity index (χ0) is 13.0. The van der Waals surface area contributed by atoms with Crippen molar-refractivity contribution in [2.75, 3.05) is 6.54 Å². The molecule has 1 aliphatic heterocycles. The van der Waals surface area contributed by atoms with Gasteiger partial charge in [0.1, 0.15) is 0 Å². The average molecular weight is 248 g/mol. The van der Waals surface area contributed by atoms with E-state index in [-0.39, 0.29) is 12.1 Å². The van der Waals surface area contributed by atoms with Crippen LogP contribution >= 0.6 is 0 Å². The van der Waals surface area contributed by atoms with Crippen molar-refractivity contribution in [3.63, 3.8) is 0 Å². The fourth-order valence-corrected chi connectivity index (χ4v) is 2.34. The largest absolute Gasteiger partial charge is 0.475 e. The summed E-state index contributed by atoms with van der Waals surface area (Å²) in [4.78, 5) is 17.2. The van der Waals surface area contributed by atoms with E-state index < -0.39 is 0 Å². The zero-order valence-electron chi connectivity index (χ0n) is 11.0. The number of hydrogen-bond donors (Lipinski definition) is 0. The molecule has 0 aliphatic carbocycles. The third-order valence-electron chi connectivity index (χ3n) is 3.18. The smallest absolute Gasteiger partial charge is 0.213 e. The van der Waals surface area contributed by atoms with Gasteiger partial charge in [0.2, 0.25) is 12.3 Å². The van der Waals surface area contributed by atoms with Crippen LogP contribution in [0, 0.1) is 0 Å². The lowest BCUT2D eigenvalue weighted by Crippen LogP contribution is -2.32. The van der Waals surface area contributed by atoms with E-state index in [9.17, 15) is 4.79 Å². The lowest BCUT2D eigenvalue weighted by Gasteiger charge is -2.32. The predicted octanol–water partition coefficient (Wildman–Crippen LogP) is 2.55. The molecule has 1 aliphatic rings. The van der Waals surface area contributed by atoms with Gasteiger partial charge in [-0.2, -0.15) is 0 Å². The van der Waals surface area contributed by atoms with Crippen LogP contribution in [0.5, 0.6) is 5.88 Å². The fraction of sp³-hybridized carbons (Fsp3) is 0.571. The topological polar surface area (TPSA) is 42.4 Å². The number of piperidine rings is 1. The molecule has 0 radical (unpaired) electrons. The van der Waals surface area contributed by atoms with Gasteiger partial charge >= 0.3 is 0 Å². The van der Waals surface area contributed by atoms with Gasteiger partial charge in [-0.3, -0.25) is 4.79 Å². The van der Waals surface area contributed by atoms with Crippen LogP contribution in [-0.2, 0) is 4.79 Å². The third-order valence-corrected chi connectivity index (χ3v) is 3.18. The van der Waals surface area contributed by atoms with Crippen LogP contribution in [0.2, 0.25) is 0 Å². The van der Waals surface area contributed by atoms with Crippen molar-refractivity contribution in [1.82, 2.24) is 9.88 Å². The summed E-state index contributed by atoms with van der Waals surface area (Å²) in [5, 5.41) is 0. The number of pyridine rings is 1. The lowest BCUT2D eigenvalue weighted by molar-refractivity contribution is -0.121. The maximum Gasteiger partial charge on any atom is 0.213 e. The molecule has 0 saturated carbocycles. The first-order valence-electron chi connectivity index (χ1n) is 6.54. The second-order valence-electron chi connectivity index (χ2n) is 4.95. The Morgan fingerprint density at radius 1 is 1.44 bits per heavy atom. The molecule has 0 spiro atoms. The molecule has 1 aromatic rings. The van der Waals surface area contributed by atoms with Gasteiger partial charge in [0.05, 0.1) is 12.1 Å². The molecule has 1 aromatic heterocycles. The van der Waals surface area contributed by atoms with Crippen molar-refractivity contribution >= 4 is 6.41 Å². The van der Waals surface area contributed by atoms with Crippen molar-refractivity contribution < 1.29 is 9.53 Å². The molecule has 1 saturated heterocycles. The van der Waals surface area contributed by atoms with Gasteiger partial charge in [-0.25, -0.2) is 4.98 Å². The highest BCUT2D eigenvalue weighted by Crippen LogP contribution is 2.29. The number of hydrogen-bond acceptors (Lipinski definition) is 3. The quantitative estimate of drug-likeness (QED) is 0.769. The van der Waals surface area contributed by atoms with E-state index in [0.29, 0.717) is 5.88 Å². The molecular weight excluding hydrogens is 228 g/mol. The number of carbonyl (C=O) groups is 1. The van der Waals surface area contributed by atoms with Gasteiger partial charge in [0.15, 0.2) is 0 Å². The van der Waals surface area contributed by atoms with E-state index in [2.05, 4.69) is 4.98 Å². The normalized spacial score (nSPS) is 19.9. The molecular formula is C14H20N2O2. The first-order chi connectivity index (χ1) is 8.70. The summed E-state index contributed by atoms with van der Waals surface area (Å²) in [5.41, 5.74) is 1.10. The zero-order valence-corrected chi connectivity index (χ0v) is 11.0. The minimum absolute atomic E-state index is 0.129. The summed E-state index contributed by atoms with van der Waals surface area (Å²) >= 11 is 0. The number of aromatic nitrogens is 1. The van der Waals surface area contributed by atoms with Gasteiger partial charge in [0.25, 0.3) is 0 Å². The first kappa shape index (κ1) is 12.9. The predicted molar refractivity (Wildman–Crippen MR) is 69.4 cm³/mol. The van der Waals surface area contributed by atoms with Crippen molar-refractivity contribution in [2.45, 2.75) is 45.3 Å². The molecule has 0 unspecified atom stereocenters. The summed E-state index contributed by atoms with van der Waals surface area (Å²) in [6.45, 7) is 4.80. The number of rotatable bonds is 4. The van der Waals surface area contributed by atoms with E-state index in [1.807, 2.05) is 37.1 Å². The SMILES string of the molecule is CC(C)Oc1ccc([C@H]2CCCCN2C=O)cn1. The molecule has 4 nitrogen and oxygen atoms in total. The molecule has 4 heteroatoms. The van der Waals surface area contributed by atoms with Gasteiger partial charge in [-0.05, 0) is 38.7 Å². The van der Waals surface area contributed by atoms with Crippen molar-refractivity contribution in [2.24, 2.45) is 0 Å². The van der Waals surface area contributed by atoms with Crippen LogP contribution in [0.15, 0.2) is 18.3 Å². The van der Waals surface area contributed by atoms with Crippen LogP contribution in [0.4, 0.5) is 0 Å². The highest BCUT2D eigenvalue weighted by molar-refractivity contribution is 5.49. The van der Waals surface area contributed by atoms with Crippen molar-refractivity contribution in [3.8, 4) is 5.88 Å². The summed E-state index contributed by atoms with van der Waals surface area (Å²) in [7, 11) is 0. The average Bonchev–Trinajstić information content (AvgIpc) is 2.39. The van der Waals surface area contributed by atoms with E-state index in [4.69, 9.17) is 4.74 Å². The Balaban J connectivity index is 2.10. The molecule has 1 fully saturated rings. The highest BCUT2D eigenvalue weighted by atomic mass is 16.5. The van der Waals surface area contributed by atoms with E-state index in [1.54, 1.807) is 0 Å². The van der Waals surface area contributed by atoms with E-state index in [1.165, 1.54) is 6.42 Å².